The van der Waals surface area contributed by atoms with Crippen molar-refractivity contribution in [1.82, 2.24) is 4.98 Å². The number of thiophene rings is 1. The molecule has 0 bridgehead atoms. The Morgan fingerprint density at radius 1 is 1.27 bits per heavy atom. The van der Waals surface area contributed by atoms with E-state index >= 15 is 0 Å². The monoisotopic (exact) mass is 456 g/mol. The SMILES string of the molecule is O=S(=O)(Nc1ccc(Br)cc1F)c1ccc(-c2cnc(C3CCC3)o2)s1. The molecule has 1 fully saturated rings. The number of nitrogens with zero attached hydrogens (tertiary/aromatic N) is 1. The highest BCUT2D eigenvalue weighted by Gasteiger charge is 2.25. The highest BCUT2D eigenvalue weighted by Crippen LogP contribution is 2.39. The summed E-state index contributed by atoms with van der Waals surface area (Å²) in [6, 6.07) is 7.28. The van der Waals surface area contributed by atoms with E-state index in [9.17, 15) is 12.8 Å². The van der Waals surface area contributed by atoms with Gasteiger partial charge in [-0.05, 0) is 43.2 Å². The van der Waals surface area contributed by atoms with Crippen LogP contribution in [0.2, 0.25) is 0 Å². The van der Waals surface area contributed by atoms with E-state index in [4.69, 9.17) is 4.42 Å². The minimum Gasteiger partial charge on any atom is -0.440 e. The van der Waals surface area contributed by atoms with E-state index in [1.807, 2.05) is 0 Å². The first kappa shape index (κ1) is 17.7. The van der Waals surface area contributed by atoms with Gasteiger partial charge in [0.25, 0.3) is 10.0 Å². The van der Waals surface area contributed by atoms with Gasteiger partial charge in [0.1, 0.15) is 10.0 Å². The smallest absolute Gasteiger partial charge is 0.271 e. The molecular weight excluding hydrogens is 443 g/mol. The Kier molecular flexibility index (Phi) is 4.62. The predicted octanol–water partition coefficient (Wildman–Crippen LogP) is 5.37. The minimum absolute atomic E-state index is 0.0800. The molecule has 0 radical (unpaired) electrons. The number of sulfonamides is 1. The molecule has 1 aliphatic carbocycles. The van der Waals surface area contributed by atoms with Crippen molar-refractivity contribution in [3.63, 3.8) is 0 Å². The zero-order valence-electron chi connectivity index (χ0n) is 13.4. The second kappa shape index (κ2) is 6.79. The molecule has 26 heavy (non-hydrogen) atoms. The zero-order chi connectivity index (χ0) is 18.3. The van der Waals surface area contributed by atoms with Crippen LogP contribution in [-0.4, -0.2) is 13.4 Å². The maximum Gasteiger partial charge on any atom is 0.271 e. The molecule has 0 unspecified atom stereocenters. The summed E-state index contributed by atoms with van der Waals surface area (Å²) in [5.41, 5.74) is -0.102. The van der Waals surface area contributed by atoms with Gasteiger partial charge in [0.05, 0.1) is 16.8 Å². The normalized spacial score (nSPS) is 15.0. The lowest BCUT2D eigenvalue weighted by Gasteiger charge is -2.21. The van der Waals surface area contributed by atoms with Crippen LogP contribution < -0.4 is 4.72 Å². The third kappa shape index (κ3) is 3.43. The van der Waals surface area contributed by atoms with Crippen molar-refractivity contribution in [2.75, 3.05) is 4.72 Å². The van der Waals surface area contributed by atoms with Crippen molar-refractivity contribution in [3.8, 4) is 10.6 Å². The van der Waals surface area contributed by atoms with Crippen LogP contribution >= 0.6 is 27.3 Å². The van der Waals surface area contributed by atoms with Gasteiger partial charge < -0.3 is 4.42 Å². The van der Waals surface area contributed by atoms with Crippen molar-refractivity contribution < 1.29 is 17.2 Å². The van der Waals surface area contributed by atoms with Gasteiger partial charge >= 0.3 is 0 Å². The van der Waals surface area contributed by atoms with E-state index in [0.717, 1.165) is 24.2 Å². The Balaban J connectivity index is 1.57. The Morgan fingerprint density at radius 3 is 2.77 bits per heavy atom. The molecule has 1 saturated carbocycles. The summed E-state index contributed by atoms with van der Waals surface area (Å²) in [5, 5.41) is 0. The molecule has 1 aliphatic rings. The molecule has 136 valence electrons. The fourth-order valence-electron chi connectivity index (χ4n) is 2.61. The summed E-state index contributed by atoms with van der Waals surface area (Å²) in [4.78, 5) is 4.96. The molecule has 2 aromatic heterocycles. The topological polar surface area (TPSA) is 72.2 Å². The van der Waals surface area contributed by atoms with Crippen LogP contribution in [0.1, 0.15) is 31.1 Å². The first-order valence-electron chi connectivity index (χ1n) is 7.96. The molecule has 0 saturated heterocycles. The summed E-state index contributed by atoms with van der Waals surface area (Å²) in [6.45, 7) is 0. The van der Waals surface area contributed by atoms with Gasteiger partial charge in [-0.15, -0.1) is 11.3 Å². The molecule has 0 aliphatic heterocycles. The molecule has 0 atom stereocenters. The van der Waals surface area contributed by atoms with E-state index in [-0.39, 0.29) is 9.90 Å². The predicted molar refractivity (Wildman–Crippen MR) is 101 cm³/mol. The quantitative estimate of drug-likeness (QED) is 0.559. The van der Waals surface area contributed by atoms with Gasteiger partial charge in [-0.3, -0.25) is 4.72 Å². The minimum atomic E-state index is -3.89. The van der Waals surface area contributed by atoms with Crippen LogP contribution in [0.4, 0.5) is 10.1 Å². The van der Waals surface area contributed by atoms with Gasteiger partial charge in [0, 0.05) is 10.4 Å². The number of nitrogens with one attached hydrogen (secondary N) is 1. The van der Waals surface area contributed by atoms with E-state index in [1.165, 1.54) is 24.6 Å². The maximum absolute atomic E-state index is 13.9. The number of aromatic nitrogens is 1. The number of benzene rings is 1. The number of rotatable bonds is 5. The van der Waals surface area contributed by atoms with Crippen LogP contribution in [-0.2, 0) is 10.0 Å². The molecule has 0 spiro atoms. The first-order chi connectivity index (χ1) is 12.4. The fraction of sp³-hybridized carbons (Fsp3) is 0.235. The average Bonchev–Trinajstić information content (AvgIpc) is 3.17. The Labute approximate surface area is 162 Å². The lowest BCUT2D eigenvalue weighted by molar-refractivity contribution is 0.338. The Hall–Kier alpha value is -1.71. The third-order valence-corrected chi connectivity index (χ3v) is 7.69. The molecule has 2 heterocycles. The van der Waals surface area contributed by atoms with Crippen LogP contribution in [0, 0.1) is 5.82 Å². The zero-order valence-corrected chi connectivity index (χ0v) is 16.6. The van der Waals surface area contributed by atoms with Crippen LogP contribution in [0.5, 0.6) is 0 Å². The van der Waals surface area contributed by atoms with E-state index < -0.39 is 15.8 Å². The summed E-state index contributed by atoms with van der Waals surface area (Å²) in [6.07, 6.45) is 4.96. The number of halogens is 2. The maximum atomic E-state index is 13.9. The molecule has 9 heteroatoms. The van der Waals surface area contributed by atoms with Gasteiger partial charge in [-0.25, -0.2) is 17.8 Å². The van der Waals surface area contributed by atoms with Gasteiger partial charge in [0.15, 0.2) is 11.7 Å². The first-order valence-corrected chi connectivity index (χ1v) is 11.1. The molecule has 4 rings (SSSR count). The number of anilines is 1. The molecule has 5 nitrogen and oxygen atoms in total. The number of hydrogen-bond donors (Lipinski definition) is 1. The molecule has 1 aromatic carbocycles. The Morgan fingerprint density at radius 2 is 2.08 bits per heavy atom. The largest absolute Gasteiger partial charge is 0.440 e. The van der Waals surface area contributed by atoms with Gasteiger partial charge in [0.2, 0.25) is 0 Å². The van der Waals surface area contributed by atoms with Crippen molar-refractivity contribution in [1.29, 1.82) is 0 Å². The molecule has 1 N–H and O–H groups in total. The van der Waals surface area contributed by atoms with Gasteiger partial charge in [-0.1, -0.05) is 22.4 Å². The highest BCUT2D eigenvalue weighted by atomic mass is 79.9. The fourth-order valence-corrected chi connectivity index (χ4v) is 5.26. The van der Waals surface area contributed by atoms with Crippen LogP contribution in [0.25, 0.3) is 10.6 Å². The van der Waals surface area contributed by atoms with Gasteiger partial charge in [-0.2, -0.15) is 0 Å². The van der Waals surface area contributed by atoms with E-state index in [0.29, 0.717) is 26.9 Å². The third-order valence-electron chi connectivity index (χ3n) is 4.24. The van der Waals surface area contributed by atoms with Crippen molar-refractivity contribution >= 4 is 43.0 Å². The van der Waals surface area contributed by atoms with Crippen molar-refractivity contribution in [2.24, 2.45) is 0 Å². The summed E-state index contributed by atoms with van der Waals surface area (Å²) in [7, 11) is -3.89. The molecule has 0 amide bonds. The van der Waals surface area contributed by atoms with Crippen molar-refractivity contribution in [3.05, 3.63) is 52.7 Å². The van der Waals surface area contributed by atoms with E-state index in [2.05, 4.69) is 25.6 Å². The lowest BCUT2D eigenvalue weighted by atomic mass is 9.85. The van der Waals surface area contributed by atoms with E-state index in [1.54, 1.807) is 18.3 Å². The number of oxazole rings is 1. The van der Waals surface area contributed by atoms with Crippen LogP contribution in [0.15, 0.2) is 49.6 Å². The average molecular weight is 457 g/mol. The van der Waals surface area contributed by atoms with Crippen LogP contribution in [0.3, 0.4) is 0 Å². The second-order valence-corrected chi connectivity index (χ2v) is 9.95. The standard InChI is InChI=1S/C17H14BrFN2O3S2/c18-11-4-5-13(12(19)8-11)21-26(22,23)16-7-6-15(25-16)14-9-20-17(24-14)10-2-1-3-10/h4-10,21H,1-3H2. The Bertz CT molecular complexity index is 1060. The highest BCUT2D eigenvalue weighted by molar-refractivity contribution is 9.10. The lowest BCUT2D eigenvalue weighted by Crippen LogP contribution is -2.12. The molecule has 3 aromatic rings. The van der Waals surface area contributed by atoms with Crippen molar-refractivity contribution in [2.45, 2.75) is 29.4 Å². The second-order valence-electron chi connectivity index (χ2n) is 6.04. The number of hydrogen-bond acceptors (Lipinski definition) is 5. The summed E-state index contributed by atoms with van der Waals surface area (Å²) >= 11 is 4.20. The summed E-state index contributed by atoms with van der Waals surface area (Å²) < 4.78 is 47.6. The molecular formula is C17H14BrFN2O3S2. The summed E-state index contributed by atoms with van der Waals surface area (Å²) in [5.74, 6) is 0.973.